The van der Waals surface area contributed by atoms with Crippen molar-refractivity contribution in [2.75, 3.05) is 25.0 Å². The van der Waals surface area contributed by atoms with Gasteiger partial charge in [0, 0.05) is 18.8 Å². The zero-order chi connectivity index (χ0) is 22.6. The molecule has 0 bridgehead atoms. The largest absolute Gasteiger partial charge is 0.462 e. The van der Waals surface area contributed by atoms with E-state index in [-0.39, 0.29) is 34.5 Å². The number of rotatable bonds is 6. The first kappa shape index (κ1) is 23.2. The van der Waals surface area contributed by atoms with E-state index >= 15 is 0 Å². The molecule has 0 aromatic heterocycles. The maximum atomic E-state index is 13.0. The quantitative estimate of drug-likeness (QED) is 0.655. The van der Waals surface area contributed by atoms with E-state index in [2.05, 4.69) is 5.32 Å². The standard InChI is InChI=1S/C22H25ClN2O5S/c1-3-30-22(27)19-11-8-17(13-20(19)23)24-21(26)16-5-4-12-25(14-16)31(28,29)18-9-6-15(2)7-10-18/h6-11,13,16H,3-5,12,14H2,1-2H3,(H,24,26)/t16-/m1/s1. The minimum absolute atomic E-state index is 0.108. The van der Waals surface area contributed by atoms with E-state index < -0.39 is 21.9 Å². The number of amides is 1. The van der Waals surface area contributed by atoms with Crippen molar-refractivity contribution in [1.82, 2.24) is 4.31 Å². The Morgan fingerprint density at radius 3 is 2.55 bits per heavy atom. The fraction of sp³-hybridized carbons (Fsp3) is 0.364. The second kappa shape index (κ2) is 9.80. The molecule has 1 atom stereocenters. The summed E-state index contributed by atoms with van der Waals surface area (Å²) in [6.45, 7) is 4.31. The zero-order valence-corrected chi connectivity index (χ0v) is 19.0. The van der Waals surface area contributed by atoms with Crippen LogP contribution in [0.5, 0.6) is 0 Å². The molecule has 1 amide bonds. The van der Waals surface area contributed by atoms with Gasteiger partial charge in [0.1, 0.15) is 0 Å². The molecule has 7 nitrogen and oxygen atoms in total. The molecule has 1 heterocycles. The number of anilines is 1. The van der Waals surface area contributed by atoms with Crippen molar-refractivity contribution < 1.29 is 22.7 Å². The number of hydrogen-bond acceptors (Lipinski definition) is 5. The average Bonchev–Trinajstić information content (AvgIpc) is 2.74. The van der Waals surface area contributed by atoms with Gasteiger partial charge in [0.25, 0.3) is 0 Å². The third-order valence-corrected chi connectivity index (χ3v) is 7.34. The van der Waals surface area contributed by atoms with Crippen LogP contribution < -0.4 is 5.32 Å². The van der Waals surface area contributed by atoms with Gasteiger partial charge in [-0.05, 0) is 57.0 Å². The number of carbonyl (C=O) groups is 2. The second-order valence-corrected chi connectivity index (χ2v) is 9.76. The van der Waals surface area contributed by atoms with Crippen molar-refractivity contribution in [1.29, 1.82) is 0 Å². The lowest BCUT2D eigenvalue weighted by Crippen LogP contribution is -2.43. The molecule has 0 radical (unpaired) electrons. The molecule has 2 aromatic rings. The number of nitrogens with one attached hydrogen (secondary N) is 1. The number of sulfonamides is 1. The molecule has 9 heteroatoms. The molecule has 1 N–H and O–H groups in total. The lowest BCUT2D eigenvalue weighted by Gasteiger charge is -2.31. The molecule has 166 valence electrons. The monoisotopic (exact) mass is 464 g/mol. The predicted octanol–water partition coefficient (Wildman–Crippen LogP) is 3.86. The average molecular weight is 465 g/mol. The minimum atomic E-state index is -3.66. The Bertz CT molecular complexity index is 1070. The molecule has 31 heavy (non-hydrogen) atoms. The Balaban J connectivity index is 1.69. The summed E-state index contributed by atoms with van der Waals surface area (Å²) in [5.41, 5.74) is 1.62. The summed E-state index contributed by atoms with van der Waals surface area (Å²) in [7, 11) is -3.66. The number of benzene rings is 2. The maximum absolute atomic E-state index is 13.0. The fourth-order valence-electron chi connectivity index (χ4n) is 3.45. The Morgan fingerprint density at radius 2 is 1.90 bits per heavy atom. The van der Waals surface area contributed by atoms with E-state index in [0.29, 0.717) is 25.1 Å². The van der Waals surface area contributed by atoms with Crippen molar-refractivity contribution in [2.45, 2.75) is 31.6 Å². The third-order valence-electron chi connectivity index (χ3n) is 5.15. The van der Waals surface area contributed by atoms with E-state index in [9.17, 15) is 18.0 Å². The molecule has 1 saturated heterocycles. The van der Waals surface area contributed by atoms with Crippen LogP contribution in [0.4, 0.5) is 5.69 Å². The van der Waals surface area contributed by atoms with E-state index in [1.165, 1.54) is 16.4 Å². The zero-order valence-electron chi connectivity index (χ0n) is 17.4. The summed E-state index contributed by atoms with van der Waals surface area (Å²) in [5, 5.41) is 2.94. The highest BCUT2D eigenvalue weighted by atomic mass is 35.5. The van der Waals surface area contributed by atoms with Gasteiger partial charge in [-0.1, -0.05) is 29.3 Å². The Kier molecular flexibility index (Phi) is 7.35. The maximum Gasteiger partial charge on any atom is 0.339 e. The van der Waals surface area contributed by atoms with Gasteiger partial charge < -0.3 is 10.1 Å². The summed E-state index contributed by atoms with van der Waals surface area (Å²) in [4.78, 5) is 24.9. The number of piperidine rings is 1. The third kappa shape index (κ3) is 5.44. The molecule has 0 spiro atoms. The molecule has 0 aliphatic carbocycles. The first-order valence-corrected chi connectivity index (χ1v) is 11.9. The van der Waals surface area contributed by atoms with Crippen molar-refractivity contribution in [3.63, 3.8) is 0 Å². The Morgan fingerprint density at radius 1 is 1.19 bits per heavy atom. The van der Waals surface area contributed by atoms with Crippen molar-refractivity contribution in [2.24, 2.45) is 5.92 Å². The van der Waals surface area contributed by atoms with Gasteiger partial charge in [-0.3, -0.25) is 4.79 Å². The number of aryl methyl sites for hydroxylation is 1. The number of carbonyl (C=O) groups excluding carboxylic acids is 2. The van der Waals surface area contributed by atoms with E-state index in [1.54, 1.807) is 37.3 Å². The van der Waals surface area contributed by atoms with Crippen LogP contribution >= 0.6 is 11.6 Å². The van der Waals surface area contributed by atoms with Crippen molar-refractivity contribution in [3.05, 3.63) is 58.6 Å². The van der Waals surface area contributed by atoms with Crippen LogP contribution in [0.25, 0.3) is 0 Å². The molecule has 1 aliphatic rings. The van der Waals surface area contributed by atoms with Crippen LogP contribution in [0.1, 0.15) is 35.7 Å². The summed E-state index contributed by atoms with van der Waals surface area (Å²) in [6, 6.07) is 11.2. The molecular weight excluding hydrogens is 440 g/mol. The lowest BCUT2D eigenvalue weighted by atomic mass is 9.98. The topological polar surface area (TPSA) is 92.8 Å². The number of esters is 1. The van der Waals surface area contributed by atoms with Gasteiger partial charge in [-0.15, -0.1) is 0 Å². The number of hydrogen-bond donors (Lipinski definition) is 1. The fourth-order valence-corrected chi connectivity index (χ4v) is 5.23. The summed E-state index contributed by atoms with van der Waals surface area (Å²) in [5.74, 6) is -1.31. The van der Waals surface area contributed by atoms with Crippen LogP contribution in [0.15, 0.2) is 47.4 Å². The highest BCUT2D eigenvalue weighted by Gasteiger charge is 2.33. The van der Waals surface area contributed by atoms with Gasteiger partial charge >= 0.3 is 5.97 Å². The van der Waals surface area contributed by atoms with Crippen LogP contribution in [0.3, 0.4) is 0 Å². The first-order valence-electron chi connectivity index (χ1n) is 10.1. The normalized spacial score (nSPS) is 17.2. The first-order chi connectivity index (χ1) is 14.7. The van der Waals surface area contributed by atoms with Crippen molar-refractivity contribution in [3.8, 4) is 0 Å². The molecule has 0 saturated carbocycles. The van der Waals surface area contributed by atoms with E-state index in [1.807, 2.05) is 6.92 Å². The number of ether oxygens (including phenoxy) is 1. The molecule has 1 fully saturated rings. The molecule has 0 unspecified atom stereocenters. The lowest BCUT2D eigenvalue weighted by molar-refractivity contribution is -0.120. The highest BCUT2D eigenvalue weighted by molar-refractivity contribution is 7.89. The van der Waals surface area contributed by atoms with Crippen LogP contribution in [0, 0.1) is 12.8 Å². The molecule has 3 rings (SSSR count). The highest BCUT2D eigenvalue weighted by Crippen LogP contribution is 2.26. The SMILES string of the molecule is CCOC(=O)c1ccc(NC(=O)[C@@H]2CCCN(S(=O)(=O)c3ccc(C)cc3)C2)cc1Cl. The summed E-state index contributed by atoms with van der Waals surface area (Å²) in [6.07, 6.45) is 1.17. The number of nitrogens with zero attached hydrogens (tertiary/aromatic N) is 1. The molecule has 1 aliphatic heterocycles. The summed E-state index contributed by atoms with van der Waals surface area (Å²) >= 11 is 6.15. The predicted molar refractivity (Wildman–Crippen MR) is 119 cm³/mol. The molecular formula is C22H25ClN2O5S. The Hall–Kier alpha value is -2.42. The van der Waals surface area contributed by atoms with E-state index in [0.717, 1.165) is 5.56 Å². The van der Waals surface area contributed by atoms with E-state index in [4.69, 9.17) is 16.3 Å². The van der Waals surface area contributed by atoms with Gasteiger partial charge in [0.2, 0.25) is 15.9 Å². The second-order valence-electron chi connectivity index (χ2n) is 7.42. The minimum Gasteiger partial charge on any atom is -0.462 e. The van der Waals surface area contributed by atoms with Crippen LogP contribution in [0.2, 0.25) is 5.02 Å². The van der Waals surface area contributed by atoms with Gasteiger partial charge in [0.05, 0.1) is 28.0 Å². The van der Waals surface area contributed by atoms with Gasteiger partial charge in [-0.25, -0.2) is 13.2 Å². The molecule has 2 aromatic carbocycles. The Labute approximate surface area is 187 Å². The van der Waals surface area contributed by atoms with Gasteiger partial charge in [0.15, 0.2) is 0 Å². The van der Waals surface area contributed by atoms with Crippen LogP contribution in [-0.2, 0) is 19.6 Å². The van der Waals surface area contributed by atoms with Crippen molar-refractivity contribution >= 4 is 39.2 Å². The van der Waals surface area contributed by atoms with Gasteiger partial charge in [-0.2, -0.15) is 4.31 Å². The van der Waals surface area contributed by atoms with Crippen LogP contribution in [-0.4, -0.2) is 44.3 Å². The smallest absolute Gasteiger partial charge is 0.339 e. The summed E-state index contributed by atoms with van der Waals surface area (Å²) < 4.78 is 32.2. The number of halogens is 1.